The highest BCUT2D eigenvalue weighted by molar-refractivity contribution is 6.19. The van der Waals surface area contributed by atoms with Gasteiger partial charge in [0.2, 0.25) is 5.91 Å². The molecule has 0 radical (unpaired) electrons. The fraction of sp³-hybridized carbons (Fsp3) is 0.643. The second-order valence-corrected chi connectivity index (χ2v) is 22.9. The van der Waals surface area contributed by atoms with E-state index in [0.29, 0.717) is 44.9 Å². The summed E-state index contributed by atoms with van der Waals surface area (Å²) in [6.07, 6.45) is 6.85. The number of allylic oxidation sites excluding steroid dienone is 2. The van der Waals surface area contributed by atoms with Gasteiger partial charge in [-0.2, -0.15) is 0 Å². The monoisotopic (exact) mass is 1030 g/mol. The normalized spacial score (nSPS) is 32.1. The summed E-state index contributed by atoms with van der Waals surface area (Å²) in [4.78, 5) is 73.4. The molecule has 9 rings (SSSR count). The van der Waals surface area contributed by atoms with Crippen LogP contribution in [0.4, 0.5) is 5.69 Å². The molecule has 2 spiro atoms. The van der Waals surface area contributed by atoms with Crippen LogP contribution < -0.4 is 20.8 Å². The summed E-state index contributed by atoms with van der Waals surface area (Å²) in [5.74, 6) is -7.55. The van der Waals surface area contributed by atoms with E-state index in [1.807, 2.05) is 0 Å². The lowest BCUT2D eigenvalue weighted by Gasteiger charge is -2.38. The SMILES string of the molecule is CO[C@H]1/C=C/O[C@@]2(C)Oc3c(C)c(O)c4c(O)c(c5c(c4c3C2=O)=NC2(CCN(CC(C)C)CC2)N=5)NC(=O)/C(C)=C\C=C\[C@H](C)[C@H](O)[C@@H](C)[C@@H](O)[C@@H](C)[C@H](OC(=O)CC(=O)N2CCC3(CCN(C)CC3)C2)[C@@H]1C. The maximum absolute atomic E-state index is 15.0. The molecule has 2 aromatic carbocycles. The topological polar surface area (TPSA) is 233 Å². The number of ether oxygens (including phenoxy) is 4. The number of piperidine rings is 2. The minimum absolute atomic E-state index is 0.0152. The van der Waals surface area contributed by atoms with Crippen molar-refractivity contribution in [2.24, 2.45) is 45.0 Å². The minimum atomic E-state index is -2.01. The minimum Gasteiger partial charge on any atom is -0.507 e. The number of rotatable bonds is 6. The number of ketones is 1. The molecule has 0 aromatic heterocycles. The lowest BCUT2D eigenvalue weighted by molar-refractivity contribution is -0.165. The zero-order chi connectivity index (χ0) is 53.8. The molecule has 7 aliphatic heterocycles. The van der Waals surface area contributed by atoms with Crippen LogP contribution in [0.3, 0.4) is 0 Å². The third-order valence-corrected chi connectivity index (χ3v) is 17.0. The summed E-state index contributed by atoms with van der Waals surface area (Å²) >= 11 is 0. The number of amides is 2. The standard InChI is InChI=1S/C56H78N6O12/c1-30(2)28-61-23-19-56(20-24-61)58-43-40-41-48(67)36(8)51-42(40)52(69)54(9,74-51)72-26-15-37(71-11)33(5)50(73-39(64)27-38(63)62-25-18-55(29-62)16-21-60(10)22-17-55)35(7)47(66)34(6)46(65)31(3)13-12-14-32(4)53(70)57-45(49(41)68)44(43)59-56/h12-15,26,30-31,33-35,37,46-47,50,65-68H,16-25,27-29H2,1-11H3,(H,57,70)/b13-12+,26-15+,32-14-/t31-,33+,34+,35+,37-,46-,47+,50+,54-/m0/s1. The predicted octanol–water partition coefficient (Wildman–Crippen LogP) is 5.06. The number of nitrogens with zero attached hydrogens (tertiary/aromatic N) is 5. The van der Waals surface area contributed by atoms with E-state index in [0.717, 1.165) is 38.9 Å². The Morgan fingerprint density at radius 3 is 2.20 bits per heavy atom. The number of benzene rings is 2. The average Bonchev–Trinajstić information content (AvgIpc) is 4.04. The molecule has 9 atom stereocenters. The number of carbonyl (C=O) groups is 4. The number of carbonyl (C=O) groups excluding carboxylic acids is 4. The van der Waals surface area contributed by atoms with Gasteiger partial charge in [-0.1, -0.05) is 59.8 Å². The highest BCUT2D eigenvalue weighted by atomic mass is 16.7. The quantitative estimate of drug-likeness (QED) is 0.145. The van der Waals surface area contributed by atoms with E-state index in [9.17, 15) is 39.6 Å². The molecule has 18 heteroatoms. The van der Waals surface area contributed by atoms with Crippen LogP contribution in [0.25, 0.3) is 10.8 Å². The largest absolute Gasteiger partial charge is 0.507 e. The number of aliphatic hydroxyl groups is 2. The summed E-state index contributed by atoms with van der Waals surface area (Å²) in [7, 11) is 3.55. The molecule has 7 aliphatic rings. The number of methoxy groups -OCH3 is 1. The number of Topliss-reactive ketones (excluding diaryl/α,β-unsaturated/α-hetero) is 1. The zero-order valence-electron chi connectivity index (χ0n) is 45.1. The van der Waals surface area contributed by atoms with Gasteiger partial charge in [-0.25, -0.2) is 0 Å². The number of phenolic OH excluding ortho intramolecular Hbond substituents is 2. The van der Waals surface area contributed by atoms with E-state index in [-0.39, 0.29) is 66.7 Å². The molecule has 74 heavy (non-hydrogen) atoms. The maximum atomic E-state index is 15.0. The molecule has 0 unspecified atom stereocenters. The number of aromatic hydroxyl groups is 2. The second-order valence-electron chi connectivity index (χ2n) is 22.9. The van der Waals surface area contributed by atoms with E-state index >= 15 is 0 Å². The van der Waals surface area contributed by atoms with Crippen LogP contribution in [0.2, 0.25) is 0 Å². The van der Waals surface area contributed by atoms with Gasteiger partial charge in [-0.05, 0) is 70.7 Å². The molecule has 18 nitrogen and oxygen atoms in total. The van der Waals surface area contributed by atoms with Crippen LogP contribution in [-0.2, 0) is 28.6 Å². The van der Waals surface area contributed by atoms with Crippen LogP contribution in [0.1, 0.15) is 110 Å². The average molecular weight is 1030 g/mol. The van der Waals surface area contributed by atoms with Crippen LogP contribution in [0.5, 0.6) is 17.2 Å². The highest BCUT2D eigenvalue weighted by Crippen LogP contribution is 2.50. The Bertz CT molecular complexity index is 2760. The second kappa shape index (κ2) is 21.3. The van der Waals surface area contributed by atoms with Crippen molar-refractivity contribution in [3.8, 4) is 17.2 Å². The fourth-order valence-corrected chi connectivity index (χ4v) is 12.1. The van der Waals surface area contributed by atoms with Gasteiger partial charge in [0.25, 0.3) is 11.7 Å². The van der Waals surface area contributed by atoms with Crippen molar-refractivity contribution in [2.45, 2.75) is 137 Å². The Labute approximate surface area is 434 Å². The number of aliphatic hydroxyl groups excluding tert-OH is 2. The molecular weight excluding hydrogens is 949 g/mol. The van der Waals surface area contributed by atoms with Crippen molar-refractivity contribution in [1.82, 2.24) is 14.7 Å². The van der Waals surface area contributed by atoms with Crippen molar-refractivity contribution >= 4 is 40.0 Å². The Kier molecular flexibility index (Phi) is 15.8. The number of nitrogens with one attached hydrogen (secondary N) is 1. The summed E-state index contributed by atoms with van der Waals surface area (Å²) in [6.45, 7) is 21.2. The van der Waals surface area contributed by atoms with Crippen LogP contribution in [0.15, 0.2) is 46.1 Å². The van der Waals surface area contributed by atoms with Crippen molar-refractivity contribution in [2.75, 3.05) is 65.3 Å². The number of phenols is 2. The lowest BCUT2D eigenvalue weighted by Crippen LogP contribution is -2.47. The fourth-order valence-electron chi connectivity index (χ4n) is 12.1. The predicted molar refractivity (Wildman–Crippen MR) is 277 cm³/mol. The van der Waals surface area contributed by atoms with Gasteiger partial charge >= 0.3 is 11.8 Å². The first-order valence-corrected chi connectivity index (χ1v) is 26.5. The number of esters is 1. The van der Waals surface area contributed by atoms with Gasteiger partial charge in [0.1, 0.15) is 35.1 Å². The lowest BCUT2D eigenvalue weighted by atomic mass is 9.78. The number of anilines is 1. The van der Waals surface area contributed by atoms with Crippen molar-refractivity contribution in [1.29, 1.82) is 0 Å². The first-order valence-electron chi connectivity index (χ1n) is 26.5. The van der Waals surface area contributed by atoms with Crippen LogP contribution in [-0.4, -0.2) is 155 Å². The Morgan fingerprint density at radius 1 is 0.878 bits per heavy atom. The number of hydrogen-bond donors (Lipinski definition) is 5. The third-order valence-electron chi connectivity index (χ3n) is 17.0. The summed E-state index contributed by atoms with van der Waals surface area (Å²) in [6, 6.07) is 0. The Morgan fingerprint density at radius 2 is 1.54 bits per heavy atom. The van der Waals surface area contributed by atoms with Crippen molar-refractivity contribution in [3.63, 3.8) is 0 Å². The summed E-state index contributed by atoms with van der Waals surface area (Å²) < 4.78 is 24.8. The molecule has 5 bridgehead atoms. The first-order chi connectivity index (χ1) is 34.9. The van der Waals surface area contributed by atoms with Gasteiger partial charge in [0.05, 0.1) is 40.9 Å². The van der Waals surface area contributed by atoms with E-state index in [1.54, 1.807) is 64.7 Å². The van der Waals surface area contributed by atoms with Crippen LogP contribution >= 0.6 is 0 Å². The summed E-state index contributed by atoms with van der Waals surface area (Å²) in [5.41, 5.74) is -0.629. The third kappa shape index (κ3) is 10.5. The molecule has 0 aliphatic carbocycles. The molecule has 3 fully saturated rings. The molecular formula is C56H78N6O12. The molecule has 0 saturated carbocycles. The van der Waals surface area contributed by atoms with Gasteiger partial charge < -0.3 is 59.4 Å². The number of likely N-dealkylation sites (tertiary alicyclic amines) is 3. The van der Waals surface area contributed by atoms with Gasteiger partial charge in [-0.3, -0.25) is 29.2 Å². The molecule has 404 valence electrons. The van der Waals surface area contributed by atoms with Crippen LogP contribution in [0, 0.1) is 41.9 Å². The van der Waals surface area contributed by atoms with Crippen molar-refractivity contribution in [3.05, 3.63) is 58.0 Å². The summed E-state index contributed by atoms with van der Waals surface area (Å²) in [5, 5.41) is 51.1. The number of hydrogen-bond acceptors (Lipinski definition) is 16. The Hall–Kier alpha value is -5.40. The molecule has 5 N–H and O–H groups in total. The van der Waals surface area contributed by atoms with Gasteiger partial charge in [0.15, 0.2) is 11.4 Å². The smallest absolute Gasteiger partial charge is 0.315 e. The van der Waals surface area contributed by atoms with Gasteiger partial charge in [0, 0.05) is 99.8 Å². The van der Waals surface area contributed by atoms with E-state index < -0.39 is 89.4 Å². The molecule has 3 saturated heterocycles. The Balaban J connectivity index is 1.16. The van der Waals surface area contributed by atoms with Gasteiger partial charge in [-0.15, -0.1) is 0 Å². The molecule has 2 aromatic rings. The molecule has 2 amide bonds. The van der Waals surface area contributed by atoms with Crippen molar-refractivity contribution < 1.29 is 58.6 Å². The van der Waals surface area contributed by atoms with E-state index in [2.05, 4.69) is 36.0 Å². The first kappa shape index (κ1) is 54.8. The van der Waals surface area contributed by atoms with E-state index in [4.69, 9.17) is 28.9 Å². The maximum Gasteiger partial charge on any atom is 0.315 e. The molecule has 7 heterocycles. The zero-order valence-corrected chi connectivity index (χ0v) is 45.1. The van der Waals surface area contributed by atoms with E-state index in [1.165, 1.54) is 26.4 Å². The highest BCUT2D eigenvalue weighted by Gasteiger charge is 2.51. The number of fused-ring (bicyclic) bond motifs is 13.